The summed E-state index contributed by atoms with van der Waals surface area (Å²) in [6, 6.07) is 6.59. The maximum absolute atomic E-state index is 11.7. The molecule has 3 nitrogen and oxygen atoms in total. The number of halogens is 1. The molecule has 0 aliphatic carbocycles. The van der Waals surface area contributed by atoms with Crippen molar-refractivity contribution in [3.05, 3.63) is 29.8 Å². The molecule has 0 amide bonds. The van der Waals surface area contributed by atoms with Crippen LogP contribution in [-0.2, 0) is 9.84 Å². The van der Waals surface area contributed by atoms with Gasteiger partial charge in [-0.2, -0.15) is 0 Å². The fourth-order valence-corrected chi connectivity index (χ4v) is 2.91. The van der Waals surface area contributed by atoms with Crippen LogP contribution in [0.3, 0.4) is 0 Å². The van der Waals surface area contributed by atoms with Crippen molar-refractivity contribution in [1.29, 1.82) is 0 Å². The van der Waals surface area contributed by atoms with Gasteiger partial charge in [-0.3, -0.25) is 0 Å². The van der Waals surface area contributed by atoms with Crippen molar-refractivity contribution in [2.45, 2.75) is 17.9 Å². The third-order valence-electron chi connectivity index (χ3n) is 1.94. The van der Waals surface area contributed by atoms with Crippen LogP contribution >= 0.6 is 11.6 Å². The van der Waals surface area contributed by atoms with Crippen molar-refractivity contribution in [3.8, 4) is 0 Å². The van der Waals surface area contributed by atoms with Crippen molar-refractivity contribution in [2.75, 3.05) is 11.6 Å². The Kier molecular flexibility index (Phi) is 4.13. The molecule has 0 fully saturated rings. The van der Waals surface area contributed by atoms with Crippen LogP contribution in [0.1, 0.15) is 5.56 Å². The summed E-state index contributed by atoms with van der Waals surface area (Å²) in [5, 5.41) is 9.21. The zero-order valence-corrected chi connectivity index (χ0v) is 9.92. The summed E-state index contributed by atoms with van der Waals surface area (Å²) in [6.45, 7) is 1.82. The van der Waals surface area contributed by atoms with Crippen LogP contribution in [0.25, 0.3) is 0 Å². The molecular weight excluding hydrogens is 236 g/mol. The second-order valence-electron chi connectivity index (χ2n) is 3.41. The van der Waals surface area contributed by atoms with Crippen molar-refractivity contribution < 1.29 is 13.5 Å². The molecule has 5 heteroatoms. The molecule has 1 atom stereocenters. The maximum atomic E-state index is 11.7. The molecule has 15 heavy (non-hydrogen) atoms. The fraction of sp³-hybridized carbons (Fsp3) is 0.400. The Bertz CT molecular complexity index is 428. The summed E-state index contributed by atoms with van der Waals surface area (Å²) >= 11 is 5.36. The smallest absolute Gasteiger partial charge is 0.180 e. The van der Waals surface area contributed by atoms with Gasteiger partial charge >= 0.3 is 0 Å². The molecule has 0 saturated carbocycles. The lowest BCUT2D eigenvalue weighted by atomic mass is 10.2. The minimum Gasteiger partial charge on any atom is -0.391 e. The summed E-state index contributed by atoms with van der Waals surface area (Å²) in [6.07, 6.45) is -1.02. The molecule has 0 spiro atoms. The standard InChI is InChI=1S/C10H13ClO3S/c1-8-3-2-4-10(5-8)15(13,14)7-9(12)6-11/h2-5,9,12H,6-7H2,1H3. The van der Waals surface area contributed by atoms with Gasteiger partial charge in [-0.05, 0) is 24.6 Å². The third kappa shape index (κ3) is 3.48. The Labute approximate surface area is 94.6 Å². The van der Waals surface area contributed by atoms with Gasteiger partial charge in [0.1, 0.15) is 0 Å². The molecule has 0 aliphatic heterocycles. The Morgan fingerprint density at radius 2 is 2.13 bits per heavy atom. The molecule has 84 valence electrons. The summed E-state index contributed by atoms with van der Waals surface area (Å²) in [4.78, 5) is 0.228. The zero-order valence-electron chi connectivity index (χ0n) is 8.35. The van der Waals surface area contributed by atoms with Crippen molar-refractivity contribution in [1.82, 2.24) is 0 Å². The van der Waals surface area contributed by atoms with Crippen molar-refractivity contribution in [3.63, 3.8) is 0 Å². The molecule has 1 unspecified atom stereocenters. The zero-order chi connectivity index (χ0) is 11.5. The molecule has 1 rings (SSSR count). The van der Waals surface area contributed by atoms with Gasteiger partial charge in [-0.1, -0.05) is 12.1 Å². The van der Waals surface area contributed by atoms with Crippen LogP contribution in [-0.4, -0.2) is 31.3 Å². The number of aliphatic hydroxyl groups excluding tert-OH is 1. The average molecular weight is 249 g/mol. The number of alkyl halides is 1. The highest BCUT2D eigenvalue weighted by molar-refractivity contribution is 7.91. The van der Waals surface area contributed by atoms with E-state index in [2.05, 4.69) is 0 Å². The first-order valence-corrected chi connectivity index (χ1v) is 6.68. The van der Waals surface area contributed by atoms with Gasteiger partial charge in [-0.25, -0.2) is 8.42 Å². The Morgan fingerprint density at radius 1 is 1.47 bits per heavy atom. The Balaban J connectivity index is 2.96. The van der Waals surface area contributed by atoms with Gasteiger partial charge < -0.3 is 5.11 Å². The van der Waals surface area contributed by atoms with Crippen LogP contribution in [0.5, 0.6) is 0 Å². The molecule has 0 saturated heterocycles. The third-order valence-corrected chi connectivity index (χ3v) is 4.09. The predicted octanol–water partition coefficient (Wildman–Crippen LogP) is 1.37. The van der Waals surface area contributed by atoms with E-state index in [1.165, 1.54) is 6.07 Å². The molecule has 0 aliphatic rings. The summed E-state index contributed by atoms with van der Waals surface area (Å²) in [7, 11) is -3.43. The Morgan fingerprint density at radius 3 is 2.67 bits per heavy atom. The summed E-state index contributed by atoms with van der Waals surface area (Å²) in [5.74, 6) is -0.412. The highest BCUT2D eigenvalue weighted by Crippen LogP contribution is 2.14. The average Bonchev–Trinajstić information content (AvgIpc) is 2.17. The van der Waals surface area contributed by atoms with E-state index in [1.807, 2.05) is 13.0 Å². The first kappa shape index (κ1) is 12.5. The van der Waals surface area contributed by atoms with E-state index in [-0.39, 0.29) is 16.5 Å². The lowest BCUT2D eigenvalue weighted by molar-refractivity contribution is 0.221. The number of hydrogen-bond acceptors (Lipinski definition) is 3. The highest BCUT2D eigenvalue weighted by atomic mass is 35.5. The maximum Gasteiger partial charge on any atom is 0.180 e. The van der Waals surface area contributed by atoms with E-state index < -0.39 is 15.9 Å². The summed E-state index contributed by atoms with van der Waals surface area (Å²) in [5.41, 5.74) is 0.872. The Hall–Kier alpha value is -0.580. The number of benzene rings is 1. The molecule has 1 N–H and O–H groups in total. The van der Waals surface area contributed by atoms with Crippen LogP contribution < -0.4 is 0 Å². The van der Waals surface area contributed by atoms with Gasteiger partial charge in [0.2, 0.25) is 0 Å². The fourth-order valence-electron chi connectivity index (χ4n) is 1.20. The minimum absolute atomic E-state index is 0.0783. The lowest BCUT2D eigenvalue weighted by Crippen LogP contribution is -2.22. The van der Waals surface area contributed by atoms with E-state index in [0.29, 0.717) is 0 Å². The number of hydrogen-bond donors (Lipinski definition) is 1. The first-order valence-electron chi connectivity index (χ1n) is 4.49. The van der Waals surface area contributed by atoms with E-state index in [9.17, 15) is 13.5 Å². The van der Waals surface area contributed by atoms with E-state index in [1.54, 1.807) is 12.1 Å². The molecule has 1 aromatic rings. The lowest BCUT2D eigenvalue weighted by Gasteiger charge is -2.08. The molecule has 0 bridgehead atoms. The van der Waals surface area contributed by atoms with Crippen molar-refractivity contribution in [2.24, 2.45) is 0 Å². The molecule has 0 radical (unpaired) electrons. The number of sulfone groups is 1. The van der Waals surface area contributed by atoms with Gasteiger partial charge in [0, 0.05) is 5.88 Å². The van der Waals surface area contributed by atoms with Gasteiger partial charge in [0.05, 0.1) is 16.8 Å². The van der Waals surface area contributed by atoms with Crippen LogP contribution in [0.2, 0.25) is 0 Å². The quantitative estimate of drug-likeness (QED) is 0.819. The number of rotatable bonds is 4. The predicted molar refractivity (Wildman–Crippen MR) is 60.0 cm³/mol. The molecule has 0 aromatic heterocycles. The van der Waals surface area contributed by atoms with Gasteiger partial charge in [-0.15, -0.1) is 11.6 Å². The monoisotopic (exact) mass is 248 g/mol. The van der Waals surface area contributed by atoms with Crippen LogP contribution in [0.4, 0.5) is 0 Å². The number of aryl methyl sites for hydroxylation is 1. The molecule has 1 aromatic carbocycles. The second kappa shape index (κ2) is 4.96. The second-order valence-corrected chi connectivity index (χ2v) is 5.75. The topological polar surface area (TPSA) is 54.4 Å². The SMILES string of the molecule is Cc1cccc(S(=O)(=O)CC(O)CCl)c1. The first-order chi connectivity index (χ1) is 6.95. The normalized spacial score (nSPS) is 13.8. The van der Waals surface area contributed by atoms with Gasteiger partial charge in [0.15, 0.2) is 9.84 Å². The van der Waals surface area contributed by atoms with Gasteiger partial charge in [0.25, 0.3) is 0 Å². The molecule has 0 heterocycles. The minimum atomic E-state index is -3.43. The largest absolute Gasteiger partial charge is 0.391 e. The van der Waals surface area contributed by atoms with Crippen LogP contribution in [0.15, 0.2) is 29.2 Å². The van der Waals surface area contributed by atoms with Crippen molar-refractivity contribution >= 4 is 21.4 Å². The van der Waals surface area contributed by atoms with E-state index in [4.69, 9.17) is 11.6 Å². The molecular formula is C10H13ClO3S. The number of aliphatic hydroxyl groups is 1. The highest BCUT2D eigenvalue weighted by Gasteiger charge is 2.18. The van der Waals surface area contributed by atoms with Crippen LogP contribution in [0, 0.1) is 6.92 Å². The van der Waals surface area contributed by atoms with E-state index >= 15 is 0 Å². The van der Waals surface area contributed by atoms with E-state index in [0.717, 1.165) is 5.56 Å². The summed E-state index contributed by atoms with van der Waals surface area (Å²) < 4.78 is 23.5.